The predicted molar refractivity (Wildman–Crippen MR) is 59.4 cm³/mol. The Kier molecular flexibility index (Phi) is 4.92. The van der Waals surface area contributed by atoms with Gasteiger partial charge in [0.25, 0.3) is 0 Å². The van der Waals surface area contributed by atoms with Crippen LogP contribution in [0.4, 0.5) is 5.82 Å². The molecule has 0 spiro atoms. The van der Waals surface area contributed by atoms with E-state index in [4.69, 9.17) is 5.84 Å². The minimum absolute atomic E-state index is 0.212. The van der Waals surface area contributed by atoms with Crippen molar-refractivity contribution in [3.8, 4) is 0 Å². The summed E-state index contributed by atoms with van der Waals surface area (Å²) in [5, 5.41) is 0.828. The fraction of sp³-hybridized carbons (Fsp3) is 0.333. The Morgan fingerprint density at radius 3 is 3.13 bits per heavy atom. The number of thioether (sulfide) groups is 1. The molecule has 0 saturated heterocycles. The van der Waals surface area contributed by atoms with Gasteiger partial charge in [-0.1, -0.05) is 6.07 Å². The number of nitrogens with one attached hydrogen (secondary N) is 1. The molecule has 0 aliphatic heterocycles. The summed E-state index contributed by atoms with van der Waals surface area (Å²) in [6, 6.07) is 5.48. The van der Waals surface area contributed by atoms with Gasteiger partial charge < -0.3 is 10.2 Å². The lowest BCUT2D eigenvalue weighted by Gasteiger charge is -2.02. The van der Waals surface area contributed by atoms with Gasteiger partial charge in [-0.15, -0.1) is 11.8 Å². The number of rotatable bonds is 5. The molecule has 82 valence electrons. The highest BCUT2D eigenvalue weighted by atomic mass is 32.2. The topological polar surface area (TPSA) is 77.2 Å². The quantitative estimate of drug-likeness (QED) is 0.338. The molecule has 15 heavy (non-hydrogen) atoms. The van der Waals surface area contributed by atoms with Crippen molar-refractivity contribution < 1.29 is 9.53 Å². The summed E-state index contributed by atoms with van der Waals surface area (Å²) in [5.74, 6) is 6.26. The lowest BCUT2D eigenvalue weighted by atomic mass is 10.5. The number of hydrogen-bond donors (Lipinski definition) is 2. The molecular formula is C9H13N3O2S. The van der Waals surface area contributed by atoms with Crippen LogP contribution in [0.2, 0.25) is 0 Å². The normalized spacial score (nSPS) is 9.73. The van der Waals surface area contributed by atoms with Crippen LogP contribution in [0, 0.1) is 0 Å². The molecule has 0 aromatic carbocycles. The van der Waals surface area contributed by atoms with E-state index in [0.29, 0.717) is 18.0 Å². The van der Waals surface area contributed by atoms with Gasteiger partial charge in [-0.05, 0) is 12.1 Å². The second-order valence-corrected chi connectivity index (χ2v) is 3.80. The van der Waals surface area contributed by atoms with Crippen LogP contribution >= 0.6 is 11.8 Å². The van der Waals surface area contributed by atoms with E-state index in [1.807, 2.05) is 12.1 Å². The van der Waals surface area contributed by atoms with Crippen molar-refractivity contribution in [1.29, 1.82) is 0 Å². The number of nitrogens with two attached hydrogens (primary N) is 1. The van der Waals surface area contributed by atoms with Gasteiger partial charge in [0.15, 0.2) is 0 Å². The number of hydrazine groups is 1. The zero-order valence-corrected chi connectivity index (χ0v) is 9.21. The lowest BCUT2D eigenvalue weighted by molar-refractivity contribution is -0.140. The lowest BCUT2D eigenvalue weighted by Crippen LogP contribution is -2.08. The largest absolute Gasteiger partial charge is 0.469 e. The number of esters is 1. The van der Waals surface area contributed by atoms with Crippen molar-refractivity contribution in [2.75, 3.05) is 18.3 Å². The maximum absolute atomic E-state index is 10.8. The molecule has 1 aromatic rings. The van der Waals surface area contributed by atoms with Crippen LogP contribution in [0.15, 0.2) is 23.2 Å². The van der Waals surface area contributed by atoms with Crippen LogP contribution < -0.4 is 11.3 Å². The molecule has 1 heterocycles. The second-order valence-electron chi connectivity index (χ2n) is 2.68. The molecule has 0 fully saturated rings. The maximum Gasteiger partial charge on any atom is 0.306 e. The second kappa shape index (κ2) is 6.26. The van der Waals surface area contributed by atoms with Crippen LogP contribution in [-0.2, 0) is 9.53 Å². The average Bonchev–Trinajstić information content (AvgIpc) is 2.29. The number of hydrogen-bond acceptors (Lipinski definition) is 6. The van der Waals surface area contributed by atoms with E-state index in [2.05, 4.69) is 15.1 Å². The molecule has 1 aromatic heterocycles. The van der Waals surface area contributed by atoms with Crippen LogP contribution in [0.5, 0.6) is 0 Å². The average molecular weight is 227 g/mol. The zero-order valence-electron chi connectivity index (χ0n) is 8.40. The molecular weight excluding hydrogens is 214 g/mol. The molecule has 0 aliphatic carbocycles. The third-order valence-corrected chi connectivity index (χ3v) is 2.59. The van der Waals surface area contributed by atoms with Crippen molar-refractivity contribution in [3.05, 3.63) is 18.2 Å². The van der Waals surface area contributed by atoms with Gasteiger partial charge in [0.1, 0.15) is 5.82 Å². The predicted octanol–water partition coefficient (Wildman–Crippen LogP) is 1.02. The van der Waals surface area contributed by atoms with Crippen LogP contribution in [0.25, 0.3) is 0 Å². The fourth-order valence-corrected chi connectivity index (χ4v) is 1.73. The number of carbonyl (C=O) groups excluding carboxylic acids is 1. The highest BCUT2D eigenvalue weighted by Gasteiger charge is 2.02. The van der Waals surface area contributed by atoms with E-state index in [9.17, 15) is 4.79 Å². The summed E-state index contributed by atoms with van der Waals surface area (Å²) in [7, 11) is 1.38. The summed E-state index contributed by atoms with van der Waals surface area (Å²) in [4.78, 5) is 15.0. The van der Waals surface area contributed by atoms with Crippen molar-refractivity contribution >= 4 is 23.5 Å². The number of aromatic nitrogens is 1. The molecule has 0 saturated carbocycles. The molecule has 6 heteroatoms. The van der Waals surface area contributed by atoms with Crippen LogP contribution in [0.1, 0.15) is 6.42 Å². The SMILES string of the molecule is COC(=O)CCSc1cccc(NN)n1. The Bertz CT molecular complexity index is 333. The number of ether oxygens (including phenoxy) is 1. The minimum Gasteiger partial charge on any atom is -0.469 e. The molecule has 0 radical (unpaired) electrons. The van der Waals surface area contributed by atoms with Crippen LogP contribution in [0.3, 0.4) is 0 Å². The number of anilines is 1. The third-order valence-electron chi connectivity index (χ3n) is 1.66. The van der Waals surface area contributed by atoms with Gasteiger partial charge in [-0.3, -0.25) is 4.79 Å². The number of nitrogen functional groups attached to an aromatic ring is 1. The van der Waals surface area contributed by atoms with E-state index >= 15 is 0 Å². The van der Waals surface area contributed by atoms with Gasteiger partial charge in [0.2, 0.25) is 0 Å². The number of nitrogens with zero attached hydrogens (tertiary/aromatic N) is 1. The standard InChI is InChI=1S/C9H13N3O2S/c1-14-9(13)5-6-15-8-4-2-3-7(11-8)12-10/h2-4H,5-6,10H2,1H3,(H,11,12). The highest BCUT2D eigenvalue weighted by molar-refractivity contribution is 7.99. The third kappa shape index (κ3) is 4.18. The first-order valence-electron chi connectivity index (χ1n) is 4.39. The Hall–Kier alpha value is -1.27. The van der Waals surface area contributed by atoms with Crippen molar-refractivity contribution in [1.82, 2.24) is 4.98 Å². The molecule has 0 bridgehead atoms. The van der Waals surface area contributed by atoms with Gasteiger partial charge in [0, 0.05) is 5.75 Å². The number of methoxy groups -OCH3 is 1. The van der Waals surface area contributed by atoms with Crippen molar-refractivity contribution in [3.63, 3.8) is 0 Å². The smallest absolute Gasteiger partial charge is 0.306 e. The van der Waals surface area contributed by atoms with E-state index in [0.717, 1.165) is 5.03 Å². The first-order chi connectivity index (χ1) is 7.26. The highest BCUT2D eigenvalue weighted by Crippen LogP contribution is 2.17. The van der Waals surface area contributed by atoms with E-state index < -0.39 is 0 Å². The first kappa shape index (κ1) is 11.8. The summed E-state index contributed by atoms with van der Waals surface area (Å²) in [6.45, 7) is 0. The Labute approximate surface area is 92.4 Å². The molecule has 3 N–H and O–H groups in total. The molecule has 1 rings (SSSR count). The van der Waals surface area contributed by atoms with E-state index in [1.165, 1.54) is 18.9 Å². The maximum atomic E-state index is 10.8. The van der Waals surface area contributed by atoms with Gasteiger partial charge in [0.05, 0.1) is 18.6 Å². The van der Waals surface area contributed by atoms with E-state index in [1.54, 1.807) is 6.07 Å². The Morgan fingerprint density at radius 1 is 1.67 bits per heavy atom. The molecule has 5 nitrogen and oxygen atoms in total. The Morgan fingerprint density at radius 2 is 2.47 bits per heavy atom. The monoisotopic (exact) mass is 227 g/mol. The molecule has 0 aliphatic rings. The van der Waals surface area contributed by atoms with Crippen molar-refractivity contribution in [2.24, 2.45) is 5.84 Å². The Balaban J connectivity index is 2.40. The zero-order chi connectivity index (χ0) is 11.1. The fourth-order valence-electron chi connectivity index (χ4n) is 0.917. The van der Waals surface area contributed by atoms with Gasteiger partial charge in [-0.25, -0.2) is 10.8 Å². The minimum atomic E-state index is -0.212. The van der Waals surface area contributed by atoms with Gasteiger partial charge >= 0.3 is 5.97 Å². The summed E-state index contributed by atoms with van der Waals surface area (Å²) < 4.78 is 4.53. The molecule has 0 amide bonds. The summed E-state index contributed by atoms with van der Waals surface area (Å²) in [6.07, 6.45) is 0.378. The van der Waals surface area contributed by atoms with Gasteiger partial charge in [-0.2, -0.15) is 0 Å². The number of pyridine rings is 1. The molecule has 0 unspecified atom stereocenters. The van der Waals surface area contributed by atoms with E-state index in [-0.39, 0.29) is 5.97 Å². The van der Waals surface area contributed by atoms with Crippen LogP contribution in [-0.4, -0.2) is 23.8 Å². The van der Waals surface area contributed by atoms with Crippen molar-refractivity contribution in [2.45, 2.75) is 11.4 Å². The molecule has 0 atom stereocenters. The first-order valence-corrected chi connectivity index (χ1v) is 5.38. The summed E-state index contributed by atoms with van der Waals surface area (Å²) >= 11 is 1.49. The summed E-state index contributed by atoms with van der Waals surface area (Å²) in [5.41, 5.74) is 2.46. The number of carbonyl (C=O) groups is 1.